The number of nitrogens with one attached hydrogen (secondary N) is 2. The van der Waals surface area contributed by atoms with Crippen molar-refractivity contribution in [3.8, 4) is 0 Å². The van der Waals surface area contributed by atoms with Crippen molar-refractivity contribution in [1.82, 2.24) is 10.2 Å². The lowest BCUT2D eigenvalue weighted by molar-refractivity contribution is -0.141. The zero-order valence-electron chi connectivity index (χ0n) is 16.3. The molecule has 1 aliphatic heterocycles. The van der Waals surface area contributed by atoms with Gasteiger partial charge in [-0.1, -0.05) is 18.9 Å². The normalized spacial score (nSPS) is 17.1. The summed E-state index contributed by atoms with van der Waals surface area (Å²) in [6.07, 6.45) is 0.205. The van der Waals surface area contributed by atoms with Gasteiger partial charge in [0.05, 0.1) is 15.3 Å². The van der Waals surface area contributed by atoms with Gasteiger partial charge in [-0.15, -0.1) is 10.2 Å². The van der Waals surface area contributed by atoms with Crippen LogP contribution in [0.1, 0.15) is 41.7 Å². The van der Waals surface area contributed by atoms with E-state index in [0.717, 1.165) is 25.7 Å². The maximum atomic E-state index is 13.2. The van der Waals surface area contributed by atoms with Crippen LogP contribution in [-0.4, -0.2) is 39.7 Å². The number of hydrogen-bond donors (Lipinski definition) is 2. The Morgan fingerprint density at radius 2 is 1.80 bits per heavy atom. The fraction of sp³-hybridized carbons (Fsp3) is 0.421. The van der Waals surface area contributed by atoms with E-state index in [0.29, 0.717) is 19.2 Å². The molecule has 2 heterocycles. The molecule has 3 rings (SSSR count). The Balaban J connectivity index is 1.98. The molecule has 0 bridgehead atoms. The van der Waals surface area contributed by atoms with Crippen LogP contribution in [0.2, 0.25) is 0 Å². The highest BCUT2D eigenvalue weighted by atomic mass is 32.2. The minimum Gasteiger partial charge on any atom is -0.354 e. The third-order valence-corrected chi connectivity index (χ3v) is 5.91. The number of hydrogen-bond acceptors (Lipinski definition) is 6. The van der Waals surface area contributed by atoms with Crippen LogP contribution in [0.25, 0.3) is 0 Å². The van der Waals surface area contributed by atoms with E-state index in [1.807, 2.05) is 0 Å². The molecule has 1 aromatic heterocycles. The minimum absolute atomic E-state index is 0.110. The van der Waals surface area contributed by atoms with Gasteiger partial charge in [0, 0.05) is 29.9 Å². The first-order valence-corrected chi connectivity index (χ1v) is 11.4. The number of nitrogens with zero attached hydrogens (tertiary/aromatic N) is 3. The van der Waals surface area contributed by atoms with Crippen LogP contribution in [0.3, 0.4) is 0 Å². The maximum Gasteiger partial charge on any atom is 0.435 e. The van der Waals surface area contributed by atoms with Crippen molar-refractivity contribution in [2.75, 3.05) is 29.6 Å². The number of carbonyl (C=O) groups is 1. The summed E-state index contributed by atoms with van der Waals surface area (Å²) in [5.41, 5.74) is -1.25. The van der Waals surface area contributed by atoms with Crippen LogP contribution in [-0.2, 0) is 15.9 Å². The zero-order valence-corrected chi connectivity index (χ0v) is 17.1. The largest absolute Gasteiger partial charge is 0.435 e. The van der Waals surface area contributed by atoms with Crippen molar-refractivity contribution in [2.45, 2.75) is 36.8 Å². The standard InChI is InChI=1S/C19H22F3N5O2S/c1-30(23,29)14-8-6-7-13(11-14)24-18(28)15-12-16(19(20,21)22)25-26-17(15)27-9-4-2-3-5-10-27/h6-8,11-12,23H,2-5,9-10H2,1H3,(H,24,28). The molecule has 1 fully saturated rings. The molecule has 30 heavy (non-hydrogen) atoms. The van der Waals surface area contributed by atoms with Crippen LogP contribution in [0, 0.1) is 4.78 Å². The van der Waals surface area contributed by atoms with E-state index < -0.39 is 27.5 Å². The van der Waals surface area contributed by atoms with Gasteiger partial charge in [-0.3, -0.25) is 4.79 Å². The number of aromatic nitrogens is 2. The van der Waals surface area contributed by atoms with Crippen LogP contribution < -0.4 is 10.2 Å². The second-order valence-electron chi connectivity index (χ2n) is 7.19. The van der Waals surface area contributed by atoms with Gasteiger partial charge in [-0.25, -0.2) is 8.99 Å². The first-order chi connectivity index (χ1) is 14.1. The summed E-state index contributed by atoms with van der Waals surface area (Å²) >= 11 is 0. The van der Waals surface area contributed by atoms with Crippen LogP contribution in [0.4, 0.5) is 24.7 Å². The molecule has 0 saturated carbocycles. The number of alkyl halides is 3. The number of benzene rings is 1. The van der Waals surface area contributed by atoms with E-state index in [9.17, 15) is 22.2 Å². The summed E-state index contributed by atoms with van der Waals surface area (Å²) < 4.78 is 59.2. The van der Waals surface area contributed by atoms with Crippen LogP contribution in [0.15, 0.2) is 35.2 Å². The first-order valence-electron chi connectivity index (χ1n) is 9.41. The van der Waals surface area contributed by atoms with Crippen molar-refractivity contribution in [2.24, 2.45) is 0 Å². The van der Waals surface area contributed by atoms with Gasteiger partial charge < -0.3 is 10.2 Å². The van der Waals surface area contributed by atoms with Gasteiger partial charge in [-0.05, 0) is 37.1 Å². The van der Waals surface area contributed by atoms with E-state index in [4.69, 9.17) is 4.78 Å². The summed E-state index contributed by atoms with van der Waals surface area (Å²) in [7, 11) is -3.01. The quantitative estimate of drug-likeness (QED) is 0.742. The molecule has 2 N–H and O–H groups in total. The monoisotopic (exact) mass is 441 g/mol. The Morgan fingerprint density at radius 1 is 1.13 bits per heavy atom. The summed E-state index contributed by atoms with van der Waals surface area (Å²) in [6, 6.07) is 6.60. The van der Waals surface area contributed by atoms with Gasteiger partial charge >= 0.3 is 6.18 Å². The van der Waals surface area contributed by atoms with E-state index in [1.54, 1.807) is 4.90 Å². The lowest BCUT2D eigenvalue weighted by Crippen LogP contribution is -2.29. The second kappa shape index (κ2) is 8.58. The minimum atomic E-state index is -4.74. The fourth-order valence-corrected chi connectivity index (χ4v) is 3.91. The van der Waals surface area contributed by atoms with Crippen molar-refractivity contribution in [1.29, 1.82) is 4.78 Å². The summed E-state index contributed by atoms with van der Waals surface area (Å²) in [5, 5.41) is 9.58. The van der Waals surface area contributed by atoms with E-state index >= 15 is 0 Å². The van der Waals surface area contributed by atoms with Gasteiger partial charge in [0.1, 0.15) is 0 Å². The van der Waals surface area contributed by atoms with Gasteiger partial charge in [0.25, 0.3) is 5.91 Å². The molecule has 1 amide bonds. The molecule has 0 aliphatic carbocycles. The average Bonchev–Trinajstić information content (AvgIpc) is 2.96. The Hall–Kier alpha value is -2.69. The molecule has 7 nitrogen and oxygen atoms in total. The Labute approximate surface area is 172 Å². The predicted octanol–water partition coefficient (Wildman–Crippen LogP) is 4.16. The molecule has 1 aliphatic rings. The van der Waals surface area contributed by atoms with Gasteiger partial charge in [0.2, 0.25) is 0 Å². The van der Waals surface area contributed by atoms with Crippen molar-refractivity contribution < 1.29 is 22.2 Å². The second-order valence-corrected chi connectivity index (χ2v) is 9.35. The van der Waals surface area contributed by atoms with Crippen molar-refractivity contribution >= 4 is 27.1 Å². The summed E-state index contributed by atoms with van der Waals surface area (Å²) in [5.74, 6) is -0.669. The highest BCUT2D eigenvalue weighted by Crippen LogP contribution is 2.31. The molecule has 11 heteroatoms. The van der Waals surface area contributed by atoms with Crippen LogP contribution in [0.5, 0.6) is 0 Å². The topological polar surface area (TPSA) is 99.0 Å². The highest BCUT2D eigenvalue weighted by Gasteiger charge is 2.35. The Morgan fingerprint density at radius 3 is 2.40 bits per heavy atom. The van der Waals surface area contributed by atoms with Gasteiger partial charge in [0.15, 0.2) is 11.5 Å². The predicted molar refractivity (Wildman–Crippen MR) is 107 cm³/mol. The number of amides is 1. The summed E-state index contributed by atoms with van der Waals surface area (Å²) in [6.45, 7) is 1.15. The Bertz CT molecular complexity index is 1030. The van der Waals surface area contributed by atoms with E-state index in [-0.39, 0.29) is 22.0 Å². The number of halogens is 3. The highest BCUT2D eigenvalue weighted by molar-refractivity contribution is 7.91. The Kier molecular flexibility index (Phi) is 6.30. The molecule has 1 unspecified atom stereocenters. The lowest BCUT2D eigenvalue weighted by atomic mass is 10.2. The third kappa shape index (κ3) is 5.26. The fourth-order valence-electron chi connectivity index (χ4n) is 3.22. The smallest absolute Gasteiger partial charge is 0.354 e. The van der Waals surface area contributed by atoms with E-state index in [2.05, 4.69) is 15.5 Å². The number of rotatable bonds is 4. The first kappa shape index (κ1) is 22.0. The van der Waals surface area contributed by atoms with Crippen LogP contribution >= 0.6 is 0 Å². The number of carbonyl (C=O) groups excluding carboxylic acids is 1. The van der Waals surface area contributed by atoms with E-state index in [1.165, 1.54) is 30.5 Å². The molecule has 2 aromatic rings. The molecule has 0 radical (unpaired) electrons. The lowest BCUT2D eigenvalue weighted by Gasteiger charge is -2.23. The molecule has 1 saturated heterocycles. The molecule has 162 valence electrons. The van der Waals surface area contributed by atoms with Crippen molar-refractivity contribution in [3.63, 3.8) is 0 Å². The molecular formula is C19H22F3N5O2S. The summed E-state index contributed by atoms with van der Waals surface area (Å²) in [4.78, 5) is 14.9. The average molecular weight is 441 g/mol. The zero-order chi connectivity index (χ0) is 21.9. The third-order valence-electron chi connectivity index (χ3n) is 4.76. The number of anilines is 2. The maximum absolute atomic E-state index is 13.2. The van der Waals surface area contributed by atoms with Crippen molar-refractivity contribution in [3.05, 3.63) is 41.6 Å². The molecular weight excluding hydrogens is 419 g/mol. The molecule has 1 aromatic carbocycles. The molecule has 1 atom stereocenters. The van der Waals surface area contributed by atoms with Gasteiger partial charge in [-0.2, -0.15) is 13.2 Å². The SMILES string of the molecule is CS(=N)(=O)c1cccc(NC(=O)c2cc(C(F)(F)F)nnc2N2CCCCCC2)c1. The molecule has 0 spiro atoms.